The van der Waals surface area contributed by atoms with Gasteiger partial charge in [-0.05, 0) is 71.0 Å². The van der Waals surface area contributed by atoms with Crippen molar-refractivity contribution in [2.45, 2.75) is 24.9 Å². The molecule has 0 bridgehead atoms. The van der Waals surface area contributed by atoms with Crippen molar-refractivity contribution in [3.05, 3.63) is 109 Å². The van der Waals surface area contributed by atoms with Gasteiger partial charge >= 0.3 is 12.4 Å². The number of aliphatic hydroxyl groups is 1. The Morgan fingerprint density at radius 3 is 1.58 bits per heavy atom. The zero-order valence-corrected chi connectivity index (χ0v) is 21.1. The average molecular weight is 567 g/mol. The lowest BCUT2D eigenvalue weighted by molar-refractivity contribution is -0.207. The molecule has 0 saturated heterocycles. The van der Waals surface area contributed by atoms with Gasteiger partial charge in [0.05, 0.1) is 12.1 Å². The molecular weight excluding hydrogens is 546 g/mol. The molecule has 2 heterocycles. The average Bonchev–Trinajstić information content (AvgIpc) is 2.89. The van der Waals surface area contributed by atoms with Crippen molar-refractivity contribution < 1.29 is 31.4 Å². The van der Waals surface area contributed by atoms with Gasteiger partial charge in [-0.2, -0.15) is 26.3 Å². The molecular formula is C27H20F6N2OS2. The Kier molecular flexibility index (Phi) is 11.7. The molecule has 0 aliphatic rings. The first-order chi connectivity index (χ1) is 17.9. The SMILES string of the molecule is FC(F)(F)Cc1cc(-c2ccccc2)ccn1.OC(c1cc(-c2ccccc2)ccn1)C(F)(F)F.S=C=S. The minimum atomic E-state index is -4.71. The molecule has 2 aromatic carbocycles. The molecule has 1 N–H and O–H groups in total. The van der Waals surface area contributed by atoms with E-state index in [0.717, 1.165) is 16.7 Å². The van der Waals surface area contributed by atoms with E-state index in [1.165, 1.54) is 24.5 Å². The first-order valence-electron chi connectivity index (χ1n) is 10.8. The molecule has 0 aliphatic heterocycles. The maximum Gasteiger partial charge on any atom is 0.420 e. The number of nitrogens with zero attached hydrogens (tertiary/aromatic N) is 2. The first-order valence-corrected chi connectivity index (χ1v) is 11.6. The minimum Gasteiger partial charge on any atom is -0.378 e. The van der Waals surface area contributed by atoms with Crippen molar-refractivity contribution in [2.24, 2.45) is 0 Å². The summed E-state index contributed by atoms with van der Waals surface area (Å²) in [7, 11) is 0. The molecule has 0 spiro atoms. The van der Waals surface area contributed by atoms with Crippen molar-refractivity contribution in [1.29, 1.82) is 0 Å². The largest absolute Gasteiger partial charge is 0.420 e. The quantitative estimate of drug-likeness (QED) is 0.199. The number of hydrogen-bond donors (Lipinski definition) is 1. The fraction of sp³-hybridized carbons (Fsp3) is 0.148. The van der Waals surface area contributed by atoms with E-state index < -0.39 is 30.6 Å². The second-order valence-corrected chi connectivity index (χ2v) is 8.22. The molecule has 0 fully saturated rings. The topological polar surface area (TPSA) is 46.0 Å². The molecule has 198 valence electrons. The van der Waals surface area contributed by atoms with E-state index in [2.05, 4.69) is 34.4 Å². The van der Waals surface area contributed by atoms with Crippen LogP contribution in [0, 0.1) is 0 Å². The summed E-state index contributed by atoms with van der Waals surface area (Å²) < 4.78 is 75.8. The van der Waals surface area contributed by atoms with E-state index in [0.29, 0.717) is 5.56 Å². The molecule has 1 atom stereocenters. The molecule has 1 unspecified atom stereocenters. The van der Waals surface area contributed by atoms with E-state index in [9.17, 15) is 26.3 Å². The van der Waals surface area contributed by atoms with Crippen LogP contribution in [-0.4, -0.2) is 31.7 Å². The number of benzene rings is 2. The molecule has 3 nitrogen and oxygen atoms in total. The summed E-state index contributed by atoms with van der Waals surface area (Å²) in [6.45, 7) is 0. The maximum atomic E-state index is 12.4. The standard InChI is InChI=1S/C13H10F3NO.C13H10F3N.CS2/c14-13(15,16)12(18)11-8-10(6-7-17-11)9-4-2-1-3-5-9;14-13(15,16)9-12-8-11(6-7-17-12)10-4-2-1-3-5-10;2-1-3/h1-8,12,18H;1-8H,9H2;. The number of pyridine rings is 2. The third-order valence-corrected chi connectivity index (χ3v) is 4.78. The lowest BCUT2D eigenvalue weighted by atomic mass is 10.0. The molecule has 0 radical (unpaired) electrons. The van der Waals surface area contributed by atoms with E-state index >= 15 is 0 Å². The summed E-state index contributed by atoms with van der Waals surface area (Å²) in [5.41, 5.74) is 2.64. The van der Waals surface area contributed by atoms with E-state index in [-0.39, 0.29) is 5.69 Å². The van der Waals surface area contributed by atoms with Crippen molar-refractivity contribution >= 4 is 28.7 Å². The van der Waals surface area contributed by atoms with Crippen LogP contribution in [-0.2, 0) is 6.42 Å². The zero-order chi connectivity index (χ0) is 28.2. The van der Waals surface area contributed by atoms with Gasteiger partial charge in [-0.1, -0.05) is 60.7 Å². The second kappa shape index (κ2) is 14.4. The van der Waals surface area contributed by atoms with Gasteiger partial charge in [0, 0.05) is 22.4 Å². The Morgan fingerprint density at radius 2 is 1.13 bits per heavy atom. The number of aromatic nitrogens is 2. The molecule has 4 aromatic rings. The molecule has 2 aromatic heterocycles. The normalized spacial score (nSPS) is 11.7. The lowest BCUT2D eigenvalue weighted by Gasteiger charge is -2.14. The third kappa shape index (κ3) is 10.5. The van der Waals surface area contributed by atoms with E-state index in [1.807, 2.05) is 40.7 Å². The summed E-state index contributed by atoms with van der Waals surface area (Å²) in [6, 6.07) is 24.2. The van der Waals surface area contributed by atoms with Crippen molar-refractivity contribution in [1.82, 2.24) is 9.97 Å². The lowest BCUT2D eigenvalue weighted by Crippen LogP contribution is -2.21. The van der Waals surface area contributed by atoms with Crippen LogP contribution in [0.2, 0.25) is 0 Å². The zero-order valence-electron chi connectivity index (χ0n) is 19.4. The van der Waals surface area contributed by atoms with Gasteiger partial charge in [-0.3, -0.25) is 9.97 Å². The summed E-state index contributed by atoms with van der Waals surface area (Å²) in [4.78, 5) is 7.29. The van der Waals surface area contributed by atoms with Crippen molar-refractivity contribution in [3.63, 3.8) is 0 Å². The number of rotatable bonds is 4. The maximum absolute atomic E-state index is 12.4. The van der Waals surface area contributed by atoms with Gasteiger partial charge in [-0.25, -0.2) is 0 Å². The molecule has 4 rings (SSSR count). The Morgan fingerprint density at radius 1 is 0.684 bits per heavy atom. The second-order valence-electron chi connectivity index (χ2n) is 7.56. The molecule has 0 aliphatic carbocycles. The van der Waals surface area contributed by atoms with Crippen LogP contribution in [0.15, 0.2) is 97.3 Å². The van der Waals surface area contributed by atoms with Crippen LogP contribution in [0.4, 0.5) is 26.3 Å². The minimum absolute atomic E-state index is 0.0406. The van der Waals surface area contributed by atoms with Crippen LogP contribution < -0.4 is 0 Å². The number of aliphatic hydroxyl groups excluding tert-OH is 1. The van der Waals surface area contributed by atoms with Crippen LogP contribution in [0.25, 0.3) is 22.3 Å². The Balaban J connectivity index is 0.000000242. The van der Waals surface area contributed by atoms with Crippen LogP contribution in [0.5, 0.6) is 0 Å². The van der Waals surface area contributed by atoms with Gasteiger partial charge in [0.15, 0.2) is 6.10 Å². The predicted octanol–water partition coefficient (Wildman–Crippen LogP) is 8.22. The van der Waals surface area contributed by atoms with Crippen LogP contribution in [0.1, 0.15) is 17.5 Å². The smallest absolute Gasteiger partial charge is 0.378 e. The number of halogens is 6. The third-order valence-electron chi connectivity index (χ3n) is 4.78. The Labute approximate surface area is 225 Å². The van der Waals surface area contributed by atoms with Gasteiger partial charge in [0.25, 0.3) is 0 Å². The fourth-order valence-electron chi connectivity index (χ4n) is 3.17. The molecule has 0 saturated carbocycles. The van der Waals surface area contributed by atoms with Gasteiger partial charge in [0.1, 0.15) is 0 Å². The summed E-state index contributed by atoms with van der Waals surface area (Å²) in [5, 5.41) is 9.14. The van der Waals surface area contributed by atoms with Crippen LogP contribution >= 0.6 is 24.4 Å². The predicted molar refractivity (Wildman–Crippen MR) is 140 cm³/mol. The molecule has 38 heavy (non-hydrogen) atoms. The Bertz CT molecular complexity index is 1310. The summed E-state index contributed by atoms with van der Waals surface area (Å²) in [6.07, 6.45) is -9.81. The van der Waals surface area contributed by atoms with Gasteiger partial charge < -0.3 is 5.11 Å². The summed E-state index contributed by atoms with van der Waals surface area (Å²) >= 11 is 7.92. The van der Waals surface area contributed by atoms with Gasteiger partial charge in [0.2, 0.25) is 0 Å². The number of alkyl halides is 6. The van der Waals surface area contributed by atoms with E-state index in [1.54, 1.807) is 36.4 Å². The monoisotopic (exact) mass is 566 g/mol. The van der Waals surface area contributed by atoms with Crippen LogP contribution in [0.3, 0.4) is 0 Å². The highest BCUT2D eigenvalue weighted by Gasteiger charge is 2.40. The van der Waals surface area contributed by atoms with E-state index in [4.69, 9.17) is 5.11 Å². The molecule has 0 amide bonds. The fourth-order valence-corrected chi connectivity index (χ4v) is 3.17. The highest BCUT2D eigenvalue weighted by molar-refractivity contribution is 7.93. The highest BCUT2D eigenvalue weighted by atomic mass is 32.1. The number of thiocarbonyl (C=S) groups is 2. The Hall–Kier alpha value is -3.50. The molecule has 11 heteroatoms. The highest BCUT2D eigenvalue weighted by Crippen LogP contribution is 2.32. The van der Waals surface area contributed by atoms with Gasteiger partial charge in [-0.15, -0.1) is 0 Å². The first kappa shape index (κ1) is 30.7. The van der Waals surface area contributed by atoms with Crippen molar-refractivity contribution in [2.75, 3.05) is 0 Å². The summed E-state index contributed by atoms with van der Waals surface area (Å²) in [5.74, 6) is 0. The van der Waals surface area contributed by atoms with Crippen molar-refractivity contribution in [3.8, 4) is 22.3 Å². The number of hydrogen-bond acceptors (Lipinski definition) is 5.